The van der Waals surface area contributed by atoms with Gasteiger partial charge in [0.05, 0.1) is 18.2 Å². The largest absolute Gasteiger partial charge is 0.494 e. The fourth-order valence-electron chi connectivity index (χ4n) is 2.17. The van der Waals surface area contributed by atoms with Crippen LogP contribution in [-0.4, -0.2) is 31.1 Å². The second-order valence-corrected chi connectivity index (χ2v) is 5.38. The molecule has 0 spiro atoms. The molecule has 2 aromatic carbocycles. The van der Waals surface area contributed by atoms with Crippen molar-refractivity contribution < 1.29 is 23.8 Å². The van der Waals surface area contributed by atoms with E-state index in [0.717, 1.165) is 0 Å². The number of hydrogen-bond acceptors (Lipinski definition) is 6. The SMILES string of the molecule is CCOc1ccc(C(=O)[C@H](C)OC(=O)COc2ccc(C#N)cc2)cc1. The van der Waals surface area contributed by atoms with Crippen LogP contribution in [0.15, 0.2) is 48.5 Å². The van der Waals surface area contributed by atoms with E-state index in [4.69, 9.17) is 19.5 Å². The number of carbonyl (C=O) groups is 2. The van der Waals surface area contributed by atoms with Crippen molar-refractivity contribution in [2.75, 3.05) is 13.2 Å². The third-order valence-electron chi connectivity index (χ3n) is 3.47. The summed E-state index contributed by atoms with van der Waals surface area (Å²) in [6.07, 6.45) is -0.926. The molecular formula is C20H19NO5. The van der Waals surface area contributed by atoms with Crippen molar-refractivity contribution >= 4 is 11.8 Å². The Morgan fingerprint density at radius 3 is 2.15 bits per heavy atom. The summed E-state index contributed by atoms with van der Waals surface area (Å²) < 4.78 is 15.7. The number of ether oxygens (including phenoxy) is 3. The molecule has 0 N–H and O–H groups in total. The van der Waals surface area contributed by atoms with E-state index >= 15 is 0 Å². The number of Topliss-reactive ketones (excluding diaryl/α,β-unsaturated/α-hetero) is 1. The number of hydrogen-bond donors (Lipinski definition) is 0. The van der Waals surface area contributed by atoms with E-state index in [-0.39, 0.29) is 12.4 Å². The lowest BCUT2D eigenvalue weighted by Gasteiger charge is -2.13. The number of carbonyl (C=O) groups excluding carboxylic acids is 2. The molecule has 0 aromatic heterocycles. The van der Waals surface area contributed by atoms with Gasteiger partial charge < -0.3 is 14.2 Å². The molecule has 0 saturated heterocycles. The van der Waals surface area contributed by atoms with Gasteiger partial charge in [-0.1, -0.05) is 0 Å². The summed E-state index contributed by atoms with van der Waals surface area (Å²) in [6, 6.07) is 15.0. The summed E-state index contributed by atoms with van der Waals surface area (Å²) in [6.45, 7) is 3.60. The van der Waals surface area contributed by atoms with Gasteiger partial charge in [-0.3, -0.25) is 4.79 Å². The minimum absolute atomic E-state index is 0.306. The summed E-state index contributed by atoms with van der Waals surface area (Å²) >= 11 is 0. The van der Waals surface area contributed by atoms with E-state index in [0.29, 0.717) is 29.2 Å². The van der Waals surface area contributed by atoms with Gasteiger partial charge in [-0.2, -0.15) is 5.26 Å². The highest BCUT2D eigenvalue weighted by Gasteiger charge is 2.20. The Morgan fingerprint density at radius 2 is 1.58 bits per heavy atom. The van der Waals surface area contributed by atoms with Crippen molar-refractivity contribution in [3.8, 4) is 17.6 Å². The van der Waals surface area contributed by atoms with Crippen molar-refractivity contribution in [2.45, 2.75) is 20.0 Å². The molecule has 0 radical (unpaired) electrons. The van der Waals surface area contributed by atoms with E-state index in [1.54, 1.807) is 48.5 Å². The van der Waals surface area contributed by atoms with Crippen LogP contribution in [0.3, 0.4) is 0 Å². The van der Waals surface area contributed by atoms with Crippen molar-refractivity contribution in [3.05, 3.63) is 59.7 Å². The maximum Gasteiger partial charge on any atom is 0.344 e. The predicted molar refractivity (Wildman–Crippen MR) is 94.1 cm³/mol. The molecule has 0 aliphatic carbocycles. The molecule has 134 valence electrons. The van der Waals surface area contributed by atoms with Crippen LogP contribution in [0, 0.1) is 11.3 Å². The van der Waals surface area contributed by atoms with Crippen LogP contribution >= 0.6 is 0 Å². The quantitative estimate of drug-likeness (QED) is 0.535. The first-order chi connectivity index (χ1) is 12.5. The molecule has 0 amide bonds. The van der Waals surface area contributed by atoms with E-state index < -0.39 is 12.1 Å². The topological polar surface area (TPSA) is 85.6 Å². The summed E-state index contributed by atoms with van der Waals surface area (Å²) in [5, 5.41) is 8.73. The molecule has 0 aliphatic heterocycles. The molecule has 0 heterocycles. The highest BCUT2D eigenvalue weighted by Crippen LogP contribution is 2.15. The Balaban J connectivity index is 1.85. The molecule has 6 heteroatoms. The van der Waals surface area contributed by atoms with Crippen molar-refractivity contribution in [1.82, 2.24) is 0 Å². The van der Waals surface area contributed by atoms with Gasteiger partial charge in [0.2, 0.25) is 5.78 Å². The molecule has 0 fully saturated rings. The van der Waals surface area contributed by atoms with Crippen LogP contribution in [0.1, 0.15) is 29.8 Å². The molecule has 0 bridgehead atoms. The van der Waals surface area contributed by atoms with Crippen LogP contribution in [0.2, 0.25) is 0 Å². The summed E-state index contributed by atoms with van der Waals surface area (Å²) in [5.74, 6) is 0.150. The zero-order chi connectivity index (χ0) is 18.9. The predicted octanol–water partition coefficient (Wildman–Crippen LogP) is 3.15. The monoisotopic (exact) mass is 353 g/mol. The van der Waals surface area contributed by atoms with Gasteiger partial charge in [0.1, 0.15) is 11.5 Å². The van der Waals surface area contributed by atoms with E-state index in [1.165, 1.54) is 6.92 Å². The summed E-state index contributed by atoms with van der Waals surface area (Å²) in [4.78, 5) is 24.2. The van der Waals surface area contributed by atoms with Crippen molar-refractivity contribution in [1.29, 1.82) is 5.26 Å². The Morgan fingerprint density at radius 1 is 1.00 bits per heavy atom. The van der Waals surface area contributed by atoms with Crippen LogP contribution in [0.5, 0.6) is 11.5 Å². The summed E-state index contributed by atoms with van der Waals surface area (Å²) in [7, 11) is 0. The van der Waals surface area contributed by atoms with Gasteiger partial charge in [-0.15, -0.1) is 0 Å². The van der Waals surface area contributed by atoms with Crippen molar-refractivity contribution in [3.63, 3.8) is 0 Å². The maximum atomic E-state index is 12.3. The number of nitriles is 1. The van der Waals surface area contributed by atoms with Gasteiger partial charge in [-0.25, -0.2) is 4.79 Å². The van der Waals surface area contributed by atoms with Crippen LogP contribution in [0.4, 0.5) is 0 Å². The van der Waals surface area contributed by atoms with Gasteiger partial charge in [0.25, 0.3) is 0 Å². The lowest BCUT2D eigenvalue weighted by molar-refractivity contribution is -0.148. The molecule has 1 atom stereocenters. The van der Waals surface area contributed by atoms with Gasteiger partial charge in [-0.05, 0) is 62.4 Å². The van der Waals surface area contributed by atoms with Gasteiger partial charge in [0.15, 0.2) is 12.7 Å². The van der Waals surface area contributed by atoms with Gasteiger partial charge >= 0.3 is 5.97 Å². The molecule has 2 rings (SSSR count). The number of esters is 1. The number of benzene rings is 2. The average molecular weight is 353 g/mol. The molecular weight excluding hydrogens is 334 g/mol. The van der Waals surface area contributed by atoms with E-state index in [2.05, 4.69) is 0 Å². The normalized spacial score (nSPS) is 11.1. The fraction of sp³-hybridized carbons (Fsp3) is 0.250. The fourth-order valence-corrected chi connectivity index (χ4v) is 2.17. The number of ketones is 1. The average Bonchev–Trinajstić information content (AvgIpc) is 2.67. The zero-order valence-corrected chi connectivity index (χ0v) is 14.6. The molecule has 0 unspecified atom stereocenters. The highest BCUT2D eigenvalue weighted by atomic mass is 16.6. The minimum Gasteiger partial charge on any atom is -0.494 e. The summed E-state index contributed by atoms with van der Waals surface area (Å²) in [5.41, 5.74) is 0.927. The number of rotatable bonds is 8. The van der Waals surface area contributed by atoms with Crippen molar-refractivity contribution in [2.24, 2.45) is 0 Å². The minimum atomic E-state index is -0.926. The van der Waals surface area contributed by atoms with Crippen LogP contribution in [0.25, 0.3) is 0 Å². The van der Waals surface area contributed by atoms with E-state index in [9.17, 15) is 9.59 Å². The first kappa shape index (κ1) is 19.0. The number of nitrogens with zero attached hydrogens (tertiary/aromatic N) is 1. The third kappa shape index (κ3) is 5.35. The smallest absolute Gasteiger partial charge is 0.344 e. The molecule has 6 nitrogen and oxygen atoms in total. The molecule has 2 aromatic rings. The Kier molecular flexibility index (Phi) is 6.75. The lowest BCUT2D eigenvalue weighted by atomic mass is 10.1. The van der Waals surface area contributed by atoms with E-state index in [1.807, 2.05) is 13.0 Å². The first-order valence-electron chi connectivity index (χ1n) is 8.13. The van der Waals surface area contributed by atoms with Crippen LogP contribution in [-0.2, 0) is 9.53 Å². The highest BCUT2D eigenvalue weighted by molar-refractivity contribution is 6.00. The Labute approximate surface area is 151 Å². The molecule has 0 saturated carbocycles. The second-order valence-electron chi connectivity index (χ2n) is 5.38. The van der Waals surface area contributed by atoms with Gasteiger partial charge in [0, 0.05) is 5.56 Å². The second kappa shape index (κ2) is 9.23. The Bertz CT molecular complexity index is 790. The zero-order valence-electron chi connectivity index (χ0n) is 14.6. The van der Waals surface area contributed by atoms with Crippen LogP contribution < -0.4 is 9.47 Å². The standard InChI is InChI=1S/C20H19NO5/c1-3-24-17-10-6-16(7-11-17)20(23)14(2)26-19(22)13-25-18-8-4-15(12-21)5-9-18/h4-11,14H,3,13H2,1-2H3/t14-/m0/s1. The molecule has 0 aliphatic rings. The Hall–Kier alpha value is -3.33. The lowest BCUT2D eigenvalue weighted by Crippen LogP contribution is -2.27. The molecule has 26 heavy (non-hydrogen) atoms. The first-order valence-corrected chi connectivity index (χ1v) is 8.13. The third-order valence-corrected chi connectivity index (χ3v) is 3.47. The maximum absolute atomic E-state index is 12.3.